The predicted molar refractivity (Wildman–Crippen MR) is 136 cm³/mol. The normalized spacial score (nSPS) is 30.3. The highest BCUT2D eigenvalue weighted by Gasteiger charge is 2.70. The molecule has 1 aliphatic carbocycles. The molecular formula is C12H20B10ClNO. The van der Waals surface area contributed by atoms with Crippen molar-refractivity contribution in [1.29, 1.82) is 0 Å². The van der Waals surface area contributed by atoms with E-state index in [0.29, 0.717) is 0 Å². The number of benzene rings is 1. The SMILES string of the molecule is BC1=C(B)C(B)(B)C2(B)B(Cl)c3c(B)c(B)c(B)c(B)c3C2(N)C1=O. The number of carbonyl (C=O) groups excluding carboxylic acids is 1. The molecular weight excluding hydrogens is 318 g/mol. The summed E-state index contributed by atoms with van der Waals surface area (Å²) in [6.07, 6.45) is -0.299. The van der Waals surface area contributed by atoms with Gasteiger partial charge in [-0.25, -0.2) is 0 Å². The molecule has 1 aliphatic heterocycles. The van der Waals surface area contributed by atoms with Crippen molar-refractivity contribution < 1.29 is 4.79 Å². The summed E-state index contributed by atoms with van der Waals surface area (Å²) in [6, 6.07) is 0. The first-order chi connectivity index (χ1) is 11.3. The number of hydrogen-bond acceptors (Lipinski definition) is 2. The summed E-state index contributed by atoms with van der Waals surface area (Å²) in [4.78, 5) is 13.6. The summed E-state index contributed by atoms with van der Waals surface area (Å²) in [5.41, 5.74) is 14.7. The molecule has 3 rings (SSSR count). The van der Waals surface area contributed by atoms with Crippen LogP contribution in [0, 0.1) is 0 Å². The lowest BCUT2D eigenvalue weighted by Crippen LogP contribution is -2.65. The van der Waals surface area contributed by atoms with Gasteiger partial charge in [0.1, 0.15) is 70.6 Å². The van der Waals surface area contributed by atoms with Crippen LogP contribution in [0.15, 0.2) is 10.9 Å². The lowest BCUT2D eigenvalue weighted by Gasteiger charge is -2.57. The molecule has 25 heavy (non-hydrogen) atoms. The van der Waals surface area contributed by atoms with E-state index in [-0.39, 0.29) is 17.1 Å². The second-order valence-electron chi connectivity index (χ2n) is 8.87. The molecule has 1 aromatic rings. The molecule has 2 aliphatic rings. The summed E-state index contributed by atoms with van der Waals surface area (Å²) >= 11 is 7.16. The fourth-order valence-corrected chi connectivity index (χ4v) is 6.12. The minimum Gasteiger partial charge on any atom is -0.316 e. The molecule has 0 fully saturated rings. The molecule has 1 heterocycles. The molecule has 2 N–H and O–H groups in total. The van der Waals surface area contributed by atoms with Crippen molar-refractivity contribution in [3.8, 4) is 0 Å². The van der Waals surface area contributed by atoms with Gasteiger partial charge in [-0.15, -0.1) is 16.4 Å². The van der Waals surface area contributed by atoms with E-state index >= 15 is 0 Å². The topological polar surface area (TPSA) is 43.1 Å². The van der Waals surface area contributed by atoms with E-state index in [4.69, 9.17) is 17.2 Å². The van der Waals surface area contributed by atoms with Crippen molar-refractivity contribution in [2.75, 3.05) is 0 Å². The Kier molecular flexibility index (Phi) is 4.08. The van der Waals surface area contributed by atoms with Gasteiger partial charge >= 0.3 is 0 Å². The molecule has 0 saturated carbocycles. The van der Waals surface area contributed by atoms with Crippen molar-refractivity contribution in [3.63, 3.8) is 0 Å². The third-order valence-electron chi connectivity index (χ3n) is 8.21. The largest absolute Gasteiger partial charge is 0.316 e. The van der Waals surface area contributed by atoms with Gasteiger partial charge in [-0.05, 0) is 10.8 Å². The Balaban J connectivity index is 2.56. The third-order valence-corrected chi connectivity index (χ3v) is 8.86. The molecule has 0 saturated heterocycles. The Hall–Kier alpha value is -0.471. The van der Waals surface area contributed by atoms with Crippen LogP contribution in [0.1, 0.15) is 5.56 Å². The van der Waals surface area contributed by atoms with Crippen LogP contribution in [0.3, 0.4) is 0 Å². The lowest BCUT2D eigenvalue weighted by atomic mass is 9.16. The second kappa shape index (κ2) is 5.29. The number of hydrogen-bond donors (Lipinski definition) is 1. The summed E-state index contributed by atoms with van der Waals surface area (Å²) in [7, 11) is 18.9. The first-order valence-electron chi connectivity index (χ1n) is 9.04. The number of carbonyl (C=O) groups is 1. The standard InChI is InChI=1S/C12H20B10ClNO/c13-2-1-7(5(16)4(15)3(2)14)22(23)12(21)10(1,24)9(25)6(17)8(18)11(12,19)20/h13-21,24H2. The Labute approximate surface area is 164 Å². The molecule has 0 aromatic heterocycles. The smallest absolute Gasteiger partial charge is 0.283 e. The molecule has 0 amide bonds. The highest BCUT2D eigenvalue weighted by Crippen LogP contribution is 2.66. The average Bonchev–Trinajstić information content (AvgIpc) is 2.75. The van der Waals surface area contributed by atoms with Gasteiger partial charge in [0.15, 0.2) is 5.78 Å². The molecule has 0 bridgehead atoms. The zero-order chi connectivity index (χ0) is 19.3. The minimum atomic E-state index is -1.09. The van der Waals surface area contributed by atoms with E-state index in [2.05, 4.69) is 62.8 Å². The quantitative estimate of drug-likeness (QED) is 0.478. The number of rotatable bonds is 0. The van der Waals surface area contributed by atoms with Gasteiger partial charge in [0.2, 0.25) is 0 Å². The maximum atomic E-state index is 13.6. The highest BCUT2D eigenvalue weighted by atomic mass is 35.5. The number of halogens is 1. The van der Waals surface area contributed by atoms with Gasteiger partial charge < -0.3 is 5.73 Å². The number of Topliss-reactive ketones (excluding diaryl/α,β-unsaturated/α-hetero) is 1. The first-order valence-corrected chi connectivity index (χ1v) is 9.47. The zero-order valence-corrected chi connectivity index (χ0v) is 17.7. The van der Waals surface area contributed by atoms with Crippen molar-refractivity contribution in [1.82, 2.24) is 0 Å². The Morgan fingerprint density at radius 3 is 1.88 bits per heavy atom. The van der Waals surface area contributed by atoms with E-state index in [0.717, 1.165) is 27.4 Å². The van der Waals surface area contributed by atoms with Crippen LogP contribution in [-0.4, -0.2) is 82.5 Å². The molecule has 2 nitrogen and oxygen atoms in total. The molecule has 2 atom stereocenters. The Morgan fingerprint density at radius 1 is 0.880 bits per heavy atom. The number of fused-ring (bicyclic) bond motifs is 3. The van der Waals surface area contributed by atoms with Crippen LogP contribution in [-0.2, 0) is 10.3 Å². The van der Waals surface area contributed by atoms with Gasteiger partial charge in [0.25, 0.3) is 6.13 Å². The molecule has 0 radical (unpaired) electrons. The van der Waals surface area contributed by atoms with E-state index < -0.39 is 10.8 Å². The van der Waals surface area contributed by atoms with Gasteiger partial charge in [-0.2, -0.15) is 11.5 Å². The third kappa shape index (κ3) is 1.81. The monoisotopic (exact) mass is 339 g/mol. The van der Waals surface area contributed by atoms with Crippen LogP contribution in [0.25, 0.3) is 0 Å². The zero-order valence-electron chi connectivity index (χ0n) is 16.9. The van der Waals surface area contributed by atoms with Gasteiger partial charge in [-0.1, -0.05) is 27.1 Å². The van der Waals surface area contributed by atoms with Crippen LogP contribution in [0.5, 0.6) is 0 Å². The molecule has 116 valence electrons. The molecule has 1 aromatic carbocycles. The summed E-state index contributed by atoms with van der Waals surface area (Å²) in [5, 5.41) is -0.869. The molecule has 2 unspecified atom stereocenters. The summed E-state index contributed by atoms with van der Waals surface area (Å²) in [6.45, 7) is 0. The van der Waals surface area contributed by atoms with Crippen LogP contribution < -0.4 is 33.0 Å². The van der Waals surface area contributed by atoms with Crippen LogP contribution in [0.2, 0.25) is 10.4 Å². The molecule has 0 spiro atoms. The maximum absolute atomic E-state index is 13.6. The van der Waals surface area contributed by atoms with E-state index in [1.54, 1.807) is 0 Å². The van der Waals surface area contributed by atoms with Gasteiger partial charge in [0, 0.05) is 0 Å². The van der Waals surface area contributed by atoms with Gasteiger partial charge in [-0.3, -0.25) is 4.79 Å². The van der Waals surface area contributed by atoms with Crippen molar-refractivity contribution in [2.24, 2.45) is 5.73 Å². The van der Waals surface area contributed by atoms with Crippen molar-refractivity contribution in [2.45, 2.75) is 16.0 Å². The lowest BCUT2D eigenvalue weighted by molar-refractivity contribution is -0.121. The minimum absolute atomic E-state index is 0.0296. The van der Waals surface area contributed by atoms with Crippen molar-refractivity contribution in [3.05, 3.63) is 16.5 Å². The number of nitrogens with two attached hydrogens (primary N) is 1. The maximum Gasteiger partial charge on any atom is 0.283 e. The van der Waals surface area contributed by atoms with E-state index in [1.807, 2.05) is 7.85 Å². The van der Waals surface area contributed by atoms with Crippen LogP contribution >= 0.6 is 11.5 Å². The fourth-order valence-electron chi connectivity index (χ4n) is 5.40. The number of ketones is 1. The Bertz CT molecular complexity index is 885. The molecule has 13 heteroatoms. The first kappa shape index (κ1) is 19.3. The number of allylic oxidation sites excluding steroid dienone is 1. The predicted octanol–water partition coefficient (Wildman–Crippen LogP) is -10.9. The second-order valence-corrected chi connectivity index (χ2v) is 9.30. The van der Waals surface area contributed by atoms with Crippen LogP contribution in [0.4, 0.5) is 0 Å². The fraction of sp³-hybridized carbons (Fsp3) is 0.250. The van der Waals surface area contributed by atoms with Crippen molar-refractivity contribution >= 4 is 121 Å². The highest BCUT2D eigenvalue weighted by molar-refractivity contribution is 7.21. The average molecular weight is 338 g/mol. The van der Waals surface area contributed by atoms with E-state index in [9.17, 15) is 4.79 Å². The van der Waals surface area contributed by atoms with E-state index in [1.165, 1.54) is 16.4 Å². The summed E-state index contributed by atoms with van der Waals surface area (Å²) in [5.74, 6) is 0.0296. The summed E-state index contributed by atoms with van der Waals surface area (Å²) < 4.78 is 0. The Morgan fingerprint density at radius 2 is 1.36 bits per heavy atom. The van der Waals surface area contributed by atoms with Gasteiger partial charge in [0.05, 0.1) is 5.54 Å².